The molecule has 3 heteroatoms. The summed E-state index contributed by atoms with van der Waals surface area (Å²) in [6.45, 7) is 2.14. The first-order chi connectivity index (χ1) is 7.38. The summed E-state index contributed by atoms with van der Waals surface area (Å²) in [6, 6.07) is 0.529. The molecule has 0 spiro atoms. The van der Waals surface area contributed by atoms with Crippen molar-refractivity contribution in [3.63, 3.8) is 0 Å². The van der Waals surface area contributed by atoms with Crippen LogP contribution in [-0.2, 0) is 0 Å². The van der Waals surface area contributed by atoms with E-state index in [2.05, 4.69) is 5.32 Å². The smallest absolute Gasteiger partial charge is 0.0431 e. The molecule has 1 unspecified atom stereocenters. The van der Waals surface area contributed by atoms with Gasteiger partial charge in [0.15, 0.2) is 0 Å². The number of nitrogens with two attached hydrogens (primary N) is 1. The van der Waals surface area contributed by atoms with Crippen LogP contribution in [0.3, 0.4) is 0 Å². The van der Waals surface area contributed by atoms with E-state index < -0.39 is 0 Å². The molecule has 0 bridgehead atoms. The Morgan fingerprint density at radius 3 is 2.53 bits per heavy atom. The highest BCUT2D eigenvalue weighted by atomic mass is 16.2. The number of nitrogens with one attached hydrogen (secondary N) is 1. The van der Waals surface area contributed by atoms with Crippen molar-refractivity contribution in [1.29, 1.82) is 0 Å². The molecule has 3 nitrogen and oxygen atoms in total. The summed E-state index contributed by atoms with van der Waals surface area (Å²) in [6.07, 6.45) is 8.67. The van der Waals surface area contributed by atoms with E-state index in [1.807, 2.05) is 0 Å². The van der Waals surface area contributed by atoms with Gasteiger partial charge < -0.3 is 16.2 Å². The fourth-order valence-electron chi connectivity index (χ4n) is 2.50. The predicted octanol–water partition coefficient (Wildman–Crippen LogP) is 1.26. The van der Waals surface area contributed by atoms with Gasteiger partial charge in [-0.25, -0.2) is 0 Å². The van der Waals surface area contributed by atoms with Crippen molar-refractivity contribution in [2.45, 2.75) is 51.0 Å². The van der Waals surface area contributed by atoms with Gasteiger partial charge in [0.25, 0.3) is 0 Å². The molecule has 90 valence electrons. The van der Waals surface area contributed by atoms with Gasteiger partial charge in [0.2, 0.25) is 0 Å². The van der Waals surface area contributed by atoms with Crippen LogP contribution < -0.4 is 11.1 Å². The van der Waals surface area contributed by atoms with Gasteiger partial charge in [-0.05, 0) is 44.6 Å². The van der Waals surface area contributed by atoms with Gasteiger partial charge in [-0.3, -0.25) is 0 Å². The normalized spacial score (nSPS) is 19.6. The molecule has 0 amide bonds. The third-order valence-electron chi connectivity index (χ3n) is 3.46. The predicted molar refractivity (Wildman–Crippen MR) is 63.7 cm³/mol. The number of unbranched alkanes of at least 4 members (excludes halogenated alkanes) is 2. The molecule has 1 atom stereocenters. The number of hydrogen-bond donors (Lipinski definition) is 3. The summed E-state index contributed by atoms with van der Waals surface area (Å²) in [5, 5.41) is 12.2. The molecule has 1 fully saturated rings. The van der Waals surface area contributed by atoms with E-state index in [4.69, 9.17) is 10.8 Å². The Labute approximate surface area is 93.4 Å². The number of rotatable bonds is 8. The molecule has 0 aromatic carbocycles. The topological polar surface area (TPSA) is 58.3 Å². The van der Waals surface area contributed by atoms with Gasteiger partial charge in [0.1, 0.15) is 0 Å². The van der Waals surface area contributed by atoms with E-state index in [9.17, 15) is 0 Å². The van der Waals surface area contributed by atoms with E-state index in [1.165, 1.54) is 25.7 Å². The Balaban J connectivity index is 2.05. The lowest BCUT2D eigenvalue weighted by atomic mass is 9.98. The lowest BCUT2D eigenvalue weighted by Crippen LogP contribution is -2.41. The van der Waals surface area contributed by atoms with Crippen LogP contribution >= 0.6 is 0 Å². The van der Waals surface area contributed by atoms with Crippen molar-refractivity contribution >= 4 is 0 Å². The summed E-state index contributed by atoms with van der Waals surface area (Å²) in [4.78, 5) is 0. The molecule has 15 heavy (non-hydrogen) atoms. The number of aliphatic hydroxyl groups is 1. The molecule has 1 rings (SSSR count). The Kier molecular flexibility index (Phi) is 6.98. The van der Waals surface area contributed by atoms with E-state index in [0.717, 1.165) is 38.3 Å². The van der Waals surface area contributed by atoms with E-state index >= 15 is 0 Å². The van der Waals surface area contributed by atoms with Crippen molar-refractivity contribution in [2.75, 3.05) is 19.7 Å². The molecule has 0 heterocycles. The summed E-state index contributed by atoms with van der Waals surface area (Å²) in [5.41, 5.74) is 5.79. The van der Waals surface area contributed by atoms with Crippen LogP contribution in [0.5, 0.6) is 0 Å². The molecule has 1 aliphatic carbocycles. The van der Waals surface area contributed by atoms with Crippen LogP contribution in [0, 0.1) is 5.92 Å². The molecule has 1 saturated carbocycles. The molecule has 1 aliphatic rings. The highest BCUT2D eigenvalue weighted by Gasteiger charge is 2.22. The second kappa shape index (κ2) is 8.08. The van der Waals surface area contributed by atoms with Gasteiger partial charge in [-0.1, -0.05) is 12.8 Å². The second-order valence-electron chi connectivity index (χ2n) is 4.63. The van der Waals surface area contributed by atoms with Gasteiger partial charge in [-0.2, -0.15) is 0 Å². The molecular formula is C12H26N2O. The minimum atomic E-state index is 0.322. The molecular weight excluding hydrogens is 188 g/mol. The van der Waals surface area contributed by atoms with Crippen molar-refractivity contribution in [3.05, 3.63) is 0 Å². The first-order valence-electron chi connectivity index (χ1n) is 6.42. The SMILES string of the molecule is NCC(NCCCCCO)C1CCCC1. The van der Waals surface area contributed by atoms with E-state index in [0.29, 0.717) is 12.6 Å². The Morgan fingerprint density at radius 1 is 1.20 bits per heavy atom. The molecule has 0 aromatic rings. The quantitative estimate of drug-likeness (QED) is 0.533. The average molecular weight is 214 g/mol. The van der Waals surface area contributed by atoms with E-state index in [1.54, 1.807) is 0 Å². The first kappa shape index (κ1) is 12.9. The maximum absolute atomic E-state index is 8.65. The highest BCUT2D eigenvalue weighted by molar-refractivity contribution is 4.81. The standard InChI is InChI=1S/C12H26N2O/c13-10-12(11-6-2-3-7-11)14-8-4-1-5-9-15/h11-12,14-15H,1-10,13H2. The van der Waals surface area contributed by atoms with Crippen molar-refractivity contribution < 1.29 is 5.11 Å². The zero-order valence-electron chi connectivity index (χ0n) is 9.75. The lowest BCUT2D eigenvalue weighted by molar-refractivity contribution is 0.281. The van der Waals surface area contributed by atoms with Gasteiger partial charge in [0.05, 0.1) is 0 Å². The largest absolute Gasteiger partial charge is 0.396 e. The van der Waals surface area contributed by atoms with Crippen LogP contribution in [0.1, 0.15) is 44.9 Å². The number of aliphatic hydroxyl groups excluding tert-OH is 1. The molecule has 0 radical (unpaired) electrons. The van der Waals surface area contributed by atoms with Crippen LogP contribution in [0.2, 0.25) is 0 Å². The summed E-state index contributed by atoms with van der Waals surface area (Å²) < 4.78 is 0. The number of hydrogen-bond acceptors (Lipinski definition) is 3. The first-order valence-corrected chi connectivity index (χ1v) is 6.42. The highest BCUT2D eigenvalue weighted by Crippen LogP contribution is 2.27. The zero-order chi connectivity index (χ0) is 10.9. The van der Waals surface area contributed by atoms with Crippen molar-refractivity contribution in [1.82, 2.24) is 5.32 Å². The summed E-state index contributed by atoms with van der Waals surface area (Å²) in [5.74, 6) is 0.813. The minimum absolute atomic E-state index is 0.322. The van der Waals surface area contributed by atoms with Crippen LogP contribution in [-0.4, -0.2) is 30.8 Å². The summed E-state index contributed by atoms with van der Waals surface area (Å²) >= 11 is 0. The average Bonchev–Trinajstić information content (AvgIpc) is 2.77. The molecule has 0 aromatic heterocycles. The minimum Gasteiger partial charge on any atom is -0.396 e. The maximum atomic E-state index is 8.65. The van der Waals surface area contributed by atoms with Crippen LogP contribution in [0.15, 0.2) is 0 Å². The Morgan fingerprint density at radius 2 is 1.93 bits per heavy atom. The summed E-state index contributed by atoms with van der Waals surface area (Å²) in [7, 11) is 0. The zero-order valence-corrected chi connectivity index (χ0v) is 9.75. The molecule has 0 aliphatic heterocycles. The lowest BCUT2D eigenvalue weighted by Gasteiger charge is -2.23. The van der Waals surface area contributed by atoms with Gasteiger partial charge in [0, 0.05) is 19.2 Å². The Hall–Kier alpha value is -0.120. The molecule has 0 saturated heterocycles. The van der Waals surface area contributed by atoms with Crippen LogP contribution in [0.25, 0.3) is 0 Å². The maximum Gasteiger partial charge on any atom is 0.0431 e. The second-order valence-corrected chi connectivity index (χ2v) is 4.63. The Bertz CT molecular complexity index is 147. The van der Waals surface area contributed by atoms with Crippen LogP contribution in [0.4, 0.5) is 0 Å². The monoisotopic (exact) mass is 214 g/mol. The fourth-order valence-corrected chi connectivity index (χ4v) is 2.50. The van der Waals surface area contributed by atoms with Crippen molar-refractivity contribution in [2.24, 2.45) is 11.7 Å². The van der Waals surface area contributed by atoms with Gasteiger partial charge in [-0.15, -0.1) is 0 Å². The molecule has 4 N–H and O–H groups in total. The third kappa shape index (κ3) is 4.96. The fraction of sp³-hybridized carbons (Fsp3) is 1.00. The van der Waals surface area contributed by atoms with Crippen molar-refractivity contribution in [3.8, 4) is 0 Å². The van der Waals surface area contributed by atoms with Gasteiger partial charge >= 0.3 is 0 Å². The third-order valence-corrected chi connectivity index (χ3v) is 3.46. The van der Waals surface area contributed by atoms with E-state index in [-0.39, 0.29) is 0 Å².